The standard InChI is InChI=1S/C20H21N3O6S2/c1-23(2)31(26,27)18-7-4-6-17(14-18)30(24,25)22-19-8-5-13-21-20(19)29-16-11-9-15(28-3)10-12-16/h4-14,22H,1-3H3. The summed E-state index contributed by atoms with van der Waals surface area (Å²) < 4.78 is 64.7. The van der Waals surface area contributed by atoms with E-state index in [4.69, 9.17) is 9.47 Å². The topological polar surface area (TPSA) is 115 Å². The molecule has 1 aromatic heterocycles. The van der Waals surface area contributed by atoms with Crippen LogP contribution in [0.3, 0.4) is 0 Å². The highest BCUT2D eigenvalue weighted by atomic mass is 32.2. The number of aromatic nitrogens is 1. The van der Waals surface area contributed by atoms with Crippen molar-refractivity contribution >= 4 is 25.7 Å². The van der Waals surface area contributed by atoms with Crippen molar-refractivity contribution in [3.63, 3.8) is 0 Å². The van der Waals surface area contributed by atoms with E-state index >= 15 is 0 Å². The third-order valence-corrected chi connectivity index (χ3v) is 7.36. The van der Waals surface area contributed by atoms with Gasteiger partial charge in [0.1, 0.15) is 17.2 Å². The van der Waals surface area contributed by atoms with Gasteiger partial charge in [0.15, 0.2) is 0 Å². The number of ether oxygens (including phenoxy) is 2. The second kappa shape index (κ2) is 8.92. The van der Waals surface area contributed by atoms with Gasteiger partial charge in [0.05, 0.1) is 16.9 Å². The molecule has 0 aliphatic carbocycles. The van der Waals surface area contributed by atoms with Gasteiger partial charge in [0, 0.05) is 20.3 Å². The van der Waals surface area contributed by atoms with E-state index < -0.39 is 20.0 Å². The van der Waals surface area contributed by atoms with Crippen LogP contribution in [0.25, 0.3) is 0 Å². The third kappa shape index (κ3) is 5.13. The molecule has 3 rings (SSSR count). The van der Waals surface area contributed by atoms with Crippen molar-refractivity contribution in [2.75, 3.05) is 25.9 Å². The quantitative estimate of drug-likeness (QED) is 0.546. The number of nitrogens with zero attached hydrogens (tertiary/aromatic N) is 2. The van der Waals surface area contributed by atoms with E-state index in [1.165, 1.54) is 44.6 Å². The maximum Gasteiger partial charge on any atom is 0.262 e. The zero-order chi connectivity index (χ0) is 22.6. The monoisotopic (exact) mass is 463 g/mol. The number of benzene rings is 2. The highest BCUT2D eigenvalue weighted by Gasteiger charge is 2.22. The van der Waals surface area contributed by atoms with Crippen molar-refractivity contribution in [1.29, 1.82) is 0 Å². The summed E-state index contributed by atoms with van der Waals surface area (Å²) in [5.41, 5.74) is 0.0965. The molecule has 11 heteroatoms. The molecule has 1 heterocycles. The van der Waals surface area contributed by atoms with Crippen molar-refractivity contribution in [2.45, 2.75) is 9.79 Å². The molecule has 0 saturated carbocycles. The van der Waals surface area contributed by atoms with Crippen LogP contribution in [0.1, 0.15) is 0 Å². The Bertz CT molecular complexity index is 1270. The molecule has 0 unspecified atom stereocenters. The SMILES string of the molecule is COc1ccc(Oc2ncccc2NS(=O)(=O)c2cccc(S(=O)(=O)N(C)C)c2)cc1. The number of pyridine rings is 1. The Kier molecular flexibility index (Phi) is 6.48. The van der Waals surface area contributed by atoms with Crippen LogP contribution in [0.15, 0.2) is 76.7 Å². The lowest BCUT2D eigenvalue weighted by molar-refractivity contribution is 0.412. The van der Waals surface area contributed by atoms with Gasteiger partial charge in [-0.25, -0.2) is 26.1 Å². The van der Waals surface area contributed by atoms with Crippen LogP contribution in [0.2, 0.25) is 0 Å². The molecule has 9 nitrogen and oxygen atoms in total. The van der Waals surface area contributed by atoms with Crippen LogP contribution in [0, 0.1) is 0 Å². The number of hydrogen-bond acceptors (Lipinski definition) is 7. The molecular formula is C20H21N3O6S2. The predicted molar refractivity (Wildman–Crippen MR) is 115 cm³/mol. The van der Waals surface area contributed by atoms with Gasteiger partial charge < -0.3 is 9.47 Å². The summed E-state index contributed by atoms with van der Waals surface area (Å²) in [6, 6.07) is 14.8. The number of rotatable bonds is 8. The second-order valence-electron chi connectivity index (χ2n) is 6.50. The molecule has 164 valence electrons. The Hall–Kier alpha value is -3.15. The molecule has 3 aromatic rings. The average Bonchev–Trinajstić information content (AvgIpc) is 2.75. The normalized spacial score (nSPS) is 11.9. The first-order chi connectivity index (χ1) is 14.6. The van der Waals surface area contributed by atoms with Crippen molar-refractivity contribution in [1.82, 2.24) is 9.29 Å². The Balaban J connectivity index is 1.90. The number of anilines is 1. The lowest BCUT2D eigenvalue weighted by atomic mass is 10.3. The molecule has 0 saturated heterocycles. The zero-order valence-corrected chi connectivity index (χ0v) is 18.6. The van der Waals surface area contributed by atoms with E-state index in [2.05, 4.69) is 9.71 Å². The lowest BCUT2D eigenvalue weighted by Gasteiger charge is -2.14. The minimum absolute atomic E-state index is 0.0355. The second-order valence-corrected chi connectivity index (χ2v) is 10.3. The molecule has 0 aliphatic heterocycles. The third-order valence-electron chi connectivity index (χ3n) is 4.18. The van der Waals surface area contributed by atoms with Crippen molar-refractivity contribution in [2.24, 2.45) is 0 Å². The largest absolute Gasteiger partial charge is 0.497 e. The van der Waals surface area contributed by atoms with Gasteiger partial charge in [-0.3, -0.25) is 4.72 Å². The van der Waals surface area contributed by atoms with Crippen LogP contribution in [-0.4, -0.2) is 47.3 Å². The van der Waals surface area contributed by atoms with Crippen LogP contribution < -0.4 is 14.2 Å². The smallest absolute Gasteiger partial charge is 0.262 e. The number of sulfonamides is 2. The van der Waals surface area contributed by atoms with Gasteiger partial charge in [-0.05, 0) is 54.6 Å². The fourth-order valence-corrected chi connectivity index (χ4v) is 4.65. The van der Waals surface area contributed by atoms with E-state index in [0.29, 0.717) is 11.5 Å². The van der Waals surface area contributed by atoms with Gasteiger partial charge in [-0.15, -0.1) is 0 Å². The number of hydrogen-bond donors (Lipinski definition) is 1. The molecule has 31 heavy (non-hydrogen) atoms. The van der Waals surface area contributed by atoms with E-state index in [1.807, 2.05) is 0 Å². The highest BCUT2D eigenvalue weighted by molar-refractivity contribution is 7.93. The summed E-state index contributed by atoms with van der Waals surface area (Å²) in [6.07, 6.45) is 1.46. The fourth-order valence-electron chi connectivity index (χ4n) is 2.52. The van der Waals surface area contributed by atoms with Crippen LogP contribution in [0.4, 0.5) is 5.69 Å². The summed E-state index contributed by atoms with van der Waals surface area (Å²) in [5.74, 6) is 1.11. The minimum atomic E-state index is -4.12. The van der Waals surface area contributed by atoms with Crippen LogP contribution >= 0.6 is 0 Å². The molecule has 2 aromatic carbocycles. The summed E-state index contributed by atoms with van der Waals surface area (Å²) in [4.78, 5) is 3.74. The van der Waals surface area contributed by atoms with Crippen molar-refractivity contribution in [3.8, 4) is 17.4 Å². The Morgan fingerprint density at radius 1 is 0.871 bits per heavy atom. The first-order valence-corrected chi connectivity index (χ1v) is 11.9. The highest BCUT2D eigenvalue weighted by Crippen LogP contribution is 2.30. The molecule has 0 spiro atoms. The van der Waals surface area contributed by atoms with Crippen molar-refractivity contribution in [3.05, 3.63) is 66.9 Å². The van der Waals surface area contributed by atoms with E-state index in [-0.39, 0.29) is 21.4 Å². The van der Waals surface area contributed by atoms with Crippen LogP contribution in [-0.2, 0) is 20.0 Å². The van der Waals surface area contributed by atoms with E-state index in [9.17, 15) is 16.8 Å². The summed E-state index contributed by atoms with van der Waals surface area (Å²) in [6.45, 7) is 0. The first kappa shape index (κ1) is 22.5. The molecule has 0 radical (unpaired) electrons. The average molecular weight is 464 g/mol. The predicted octanol–water partition coefficient (Wildman–Crippen LogP) is 2.93. The van der Waals surface area contributed by atoms with Crippen molar-refractivity contribution < 1.29 is 26.3 Å². The Labute approximate surface area is 181 Å². The van der Waals surface area contributed by atoms with Gasteiger partial charge in [0.2, 0.25) is 15.9 Å². The maximum absolute atomic E-state index is 12.9. The summed E-state index contributed by atoms with van der Waals surface area (Å²) in [5, 5.41) is 0. The Morgan fingerprint density at radius 2 is 1.52 bits per heavy atom. The van der Waals surface area contributed by atoms with E-state index in [0.717, 1.165) is 10.4 Å². The Morgan fingerprint density at radius 3 is 2.16 bits per heavy atom. The summed E-state index contributed by atoms with van der Waals surface area (Å²) in [7, 11) is -3.64. The summed E-state index contributed by atoms with van der Waals surface area (Å²) >= 11 is 0. The molecule has 0 atom stereocenters. The molecule has 0 fully saturated rings. The van der Waals surface area contributed by atoms with E-state index in [1.54, 1.807) is 37.4 Å². The van der Waals surface area contributed by atoms with Gasteiger partial charge in [-0.2, -0.15) is 0 Å². The van der Waals surface area contributed by atoms with Gasteiger partial charge in [0.25, 0.3) is 10.0 Å². The molecular weight excluding hydrogens is 442 g/mol. The number of nitrogens with one attached hydrogen (secondary N) is 1. The zero-order valence-electron chi connectivity index (χ0n) is 17.0. The fraction of sp³-hybridized carbons (Fsp3) is 0.150. The van der Waals surface area contributed by atoms with Gasteiger partial charge >= 0.3 is 0 Å². The maximum atomic E-state index is 12.9. The molecule has 1 N–H and O–H groups in total. The van der Waals surface area contributed by atoms with Gasteiger partial charge in [-0.1, -0.05) is 6.07 Å². The van der Waals surface area contributed by atoms with Crippen LogP contribution in [0.5, 0.6) is 17.4 Å². The molecule has 0 aliphatic rings. The minimum Gasteiger partial charge on any atom is -0.497 e. The lowest BCUT2D eigenvalue weighted by Crippen LogP contribution is -2.22. The first-order valence-electron chi connectivity index (χ1n) is 8.96. The number of methoxy groups -OCH3 is 1. The molecule has 0 amide bonds. The molecule has 0 bridgehead atoms.